The summed E-state index contributed by atoms with van der Waals surface area (Å²) in [5.41, 5.74) is 0.294. The van der Waals surface area contributed by atoms with Crippen molar-refractivity contribution >= 4 is 21.9 Å². The second-order valence-corrected chi connectivity index (χ2v) is 11.7. The van der Waals surface area contributed by atoms with Gasteiger partial charge in [-0.2, -0.15) is 17.5 Å². The third-order valence-corrected chi connectivity index (χ3v) is 8.21. The van der Waals surface area contributed by atoms with Crippen molar-refractivity contribution in [3.05, 3.63) is 54.4 Å². The Morgan fingerprint density at radius 2 is 1.68 bits per heavy atom. The number of aliphatic carboxylic acids is 1. The Kier molecular flexibility index (Phi) is 9.03. The van der Waals surface area contributed by atoms with Crippen molar-refractivity contribution in [1.29, 1.82) is 0 Å². The molecule has 0 bridgehead atoms. The van der Waals surface area contributed by atoms with Crippen LogP contribution in [0.3, 0.4) is 0 Å². The first-order valence-corrected chi connectivity index (χ1v) is 13.4. The number of hydrogen-bond donors (Lipinski definition) is 1. The van der Waals surface area contributed by atoms with Crippen LogP contribution in [0, 0.1) is 11.3 Å². The fourth-order valence-electron chi connectivity index (χ4n) is 4.39. The minimum atomic E-state index is -5.08. The number of nitrogens with zero attached hydrogens (tertiary/aromatic N) is 3. The lowest BCUT2D eigenvalue weighted by Gasteiger charge is -2.45. The lowest BCUT2D eigenvalue weighted by atomic mass is 9.78. The summed E-state index contributed by atoms with van der Waals surface area (Å²) in [5.74, 6) is -2.16. The maximum absolute atomic E-state index is 13.5. The van der Waals surface area contributed by atoms with Crippen LogP contribution >= 0.6 is 0 Å². The number of hydrogen-bond acceptors (Lipinski definition) is 6. The molecule has 1 aromatic heterocycles. The van der Waals surface area contributed by atoms with Gasteiger partial charge in [0, 0.05) is 49.6 Å². The Bertz CT molecular complexity index is 1230. The SMILES string of the molecule is CC(C)CN1CC2(CCN(C(=O)c3ccncc3)CC2)COc2ccccc2S1(=O)=O.O=C(O)C(F)(F)F. The van der Waals surface area contributed by atoms with E-state index in [2.05, 4.69) is 4.98 Å². The first-order chi connectivity index (χ1) is 17.7. The number of amides is 1. The van der Waals surface area contributed by atoms with Gasteiger partial charge in [-0.3, -0.25) is 9.78 Å². The number of piperidine rings is 1. The molecule has 208 valence electrons. The molecular formula is C25H30F3N3O6S. The minimum Gasteiger partial charge on any atom is -0.492 e. The Hall–Kier alpha value is -3.19. The smallest absolute Gasteiger partial charge is 0.490 e. The Labute approximate surface area is 219 Å². The number of carbonyl (C=O) groups is 2. The molecule has 1 amide bonds. The Morgan fingerprint density at radius 3 is 2.24 bits per heavy atom. The topological polar surface area (TPSA) is 117 Å². The highest BCUT2D eigenvalue weighted by Crippen LogP contribution is 2.39. The predicted octanol–water partition coefficient (Wildman–Crippen LogP) is 3.68. The van der Waals surface area contributed by atoms with Gasteiger partial charge in [0.15, 0.2) is 0 Å². The minimum absolute atomic E-state index is 0.0129. The summed E-state index contributed by atoms with van der Waals surface area (Å²) in [6, 6.07) is 10.3. The van der Waals surface area contributed by atoms with Crippen LogP contribution in [0.15, 0.2) is 53.7 Å². The summed E-state index contributed by atoms with van der Waals surface area (Å²) < 4.78 is 66.4. The molecule has 2 aromatic rings. The largest absolute Gasteiger partial charge is 0.492 e. The number of para-hydroxylation sites is 1. The van der Waals surface area contributed by atoms with Gasteiger partial charge >= 0.3 is 12.1 Å². The van der Waals surface area contributed by atoms with Gasteiger partial charge in [0.25, 0.3) is 5.91 Å². The van der Waals surface area contributed by atoms with Crippen LogP contribution in [0.25, 0.3) is 0 Å². The molecule has 1 saturated heterocycles. The molecule has 4 rings (SSSR count). The molecule has 0 unspecified atom stereocenters. The molecule has 1 aromatic carbocycles. The van der Waals surface area contributed by atoms with Crippen LogP contribution in [0.1, 0.15) is 37.0 Å². The van der Waals surface area contributed by atoms with Crippen LogP contribution in [-0.4, -0.2) is 78.6 Å². The zero-order chi connectivity index (χ0) is 28.1. The van der Waals surface area contributed by atoms with E-state index in [1.54, 1.807) is 53.1 Å². The summed E-state index contributed by atoms with van der Waals surface area (Å²) in [5, 5.41) is 7.12. The highest BCUT2D eigenvalue weighted by molar-refractivity contribution is 7.89. The second-order valence-electron chi connectivity index (χ2n) is 9.76. The van der Waals surface area contributed by atoms with Crippen LogP contribution < -0.4 is 4.74 Å². The number of benzene rings is 1. The van der Waals surface area contributed by atoms with Crippen LogP contribution in [-0.2, 0) is 14.8 Å². The molecule has 0 atom stereocenters. The average molecular weight is 558 g/mol. The molecule has 13 heteroatoms. The summed E-state index contributed by atoms with van der Waals surface area (Å²) in [6.45, 7) is 6.49. The summed E-state index contributed by atoms with van der Waals surface area (Å²) in [6.07, 6.45) is -0.465. The van der Waals surface area contributed by atoms with Gasteiger partial charge in [0.2, 0.25) is 10.0 Å². The lowest BCUT2D eigenvalue weighted by Crippen LogP contribution is -2.53. The van der Waals surface area contributed by atoms with E-state index in [-0.39, 0.29) is 22.1 Å². The van der Waals surface area contributed by atoms with E-state index in [1.165, 1.54) is 0 Å². The third kappa shape index (κ3) is 7.01. The molecule has 2 aliphatic heterocycles. The third-order valence-electron chi connectivity index (χ3n) is 6.36. The first-order valence-electron chi connectivity index (χ1n) is 12.0. The number of rotatable bonds is 3. The second kappa shape index (κ2) is 11.7. The number of fused-ring (bicyclic) bond motifs is 1. The molecule has 0 radical (unpaired) electrons. The Morgan fingerprint density at radius 1 is 1.11 bits per heavy atom. The molecule has 0 saturated carbocycles. The van der Waals surface area contributed by atoms with Gasteiger partial charge in [-0.15, -0.1) is 0 Å². The quantitative estimate of drug-likeness (QED) is 0.612. The number of sulfonamides is 1. The molecule has 9 nitrogen and oxygen atoms in total. The van der Waals surface area contributed by atoms with Crippen molar-refractivity contribution in [3.63, 3.8) is 0 Å². The number of ether oxygens (including phenoxy) is 1. The molecule has 1 fully saturated rings. The monoisotopic (exact) mass is 557 g/mol. The first kappa shape index (κ1) is 29.4. The van der Waals surface area contributed by atoms with E-state index in [4.69, 9.17) is 14.6 Å². The van der Waals surface area contributed by atoms with Crippen molar-refractivity contribution in [2.45, 2.75) is 37.8 Å². The van der Waals surface area contributed by atoms with Crippen LogP contribution in [0.2, 0.25) is 0 Å². The van der Waals surface area contributed by atoms with Gasteiger partial charge in [-0.25, -0.2) is 13.2 Å². The Balaban J connectivity index is 0.000000505. The fraction of sp³-hybridized carbons (Fsp3) is 0.480. The molecule has 2 aliphatic rings. The van der Waals surface area contributed by atoms with Gasteiger partial charge in [0.1, 0.15) is 10.6 Å². The van der Waals surface area contributed by atoms with E-state index in [9.17, 15) is 26.4 Å². The predicted molar refractivity (Wildman–Crippen MR) is 131 cm³/mol. The van der Waals surface area contributed by atoms with E-state index in [0.29, 0.717) is 56.9 Å². The highest BCUT2D eigenvalue weighted by Gasteiger charge is 2.43. The molecule has 0 aliphatic carbocycles. The molecule has 3 heterocycles. The maximum atomic E-state index is 13.5. The molecule has 1 N–H and O–H groups in total. The lowest BCUT2D eigenvalue weighted by molar-refractivity contribution is -0.192. The van der Waals surface area contributed by atoms with Crippen molar-refractivity contribution in [1.82, 2.24) is 14.2 Å². The van der Waals surface area contributed by atoms with E-state index in [1.807, 2.05) is 18.7 Å². The van der Waals surface area contributed by atoms with E-state index in [0.717, 1.165) is 0 Å². The van der Waals surface area contributed by atoms with Gasteiger partial charge in [-0.05, 0) is 43.0 Å². The van der Waals surface area contributed by atoms with Gasteiger partial charge in [-0.1, -0.05) is 26.0 Å². The number of aromatic nitrogens is 1. The van der Waals surface area contributed by atoms with E-state index < -0.39 is 22.2 Å². The number of carboxylic acid groups (broad SMARTS) is 1. The number of pyridine rings is 1. The summed E-state index contributed by atoms with van der Waals surface area (Å²) in [7, 11) is -3.67. The van der Waals surface area contributed by atoms with Crippen molar-refractivity contribution in [2.75, 3.05) is 32.8 Å². The van der Waals surface area contributed by atoms with Gasteiger partial charge < -0.3 is 14.7 Å². The highest BCUT2D eigenvalue weighted by atomic mass is 32.2. The molecule has 38 heavy (non-hydrogen) atoms. The van der Waals surface area contributed by atoms with E-state index >= 15 is 0 Å². The number of carboxylic acids is 1. The maximum Gasteiger partial charge on any atom is 0.490 e. The zero-order valence-corrected chi connectivity index (χ0v) is 21.8. The number of likely N-dealkylation sites (tertiary alicyclic amines) is 1. The van der Waals surface area contributed by atoms with Crippen molar-refractivity contribution < 1.29 is 41.0 Å². The average Bonchev–Trinajstić information content (AvgIpc) is 2.87. The fourth-order valence-corrected chi connectivity index (χ4v) is 6.24. The number of alkyl halides is 3. The number of carbonyl (C=O) groups excluding carboxylic acids is 1. The van der Waals surface area contributed by atoms with Gasteiger partial charge in [0.05, 0.1) is 6.61 Å². The normalized spacial score (nSPS) is 18.8. The molecular weight excluding hydrogens is 527 g/mol. The number of halogens is 3. The van der Waals surface area contributed by atoms with Crippen LogP contribution in [0.5, 0.6) is 5.75 Å². The van der Waals surface area contributed by atoms with Crippen molar-refractivity contribution in [2.24, 2.45) is 11.3 Å². The molecule has 1 spiro atoms. The zero-order valence-electron chi connectivity index (χ0n) is 21.0. The summed E-state index contributed by atoms with van der Waals surface area (Å²) in [4.78, 5) is 27.8. The van der Waals surface area contributed by atoms with Crippen LogP contribution in [0.4, 0.5) is 13.2 Å². The van der Waals surface area contributed by atoms with Crippen molar-refractivity contribution in [3.8, 4) is 5.75 Å². The standard InChI is InChI=1S/C23H29N3O4S.C2HF3O2/c1-18(2)15-26-16-23(17-30-20-5-3-4-6-21(20)31(26,28)29)9-13-25(14-10-23)22(27)19-7-11-24-12-8-19;3-2(4,5)1(6)7/h3-8,11-12,18H,9-10,13-17H2,1-2H3;(H,6,7). The summed E-state index contributed by atoms with van der Waals surface area (Å²) >= 11 is 0.